The molecule has 0 radical (unpaired) electrons. The fraction of sp³-hybridized carbons (Fsp3) is 0.667. The highest BCUT2D eigenvalue weighted by Crippen LogP contribution is 2.15. The summed E-state index contributed by atoms with van der Waals surface area (Å²) in [5.41, 5.74) is -0.664. The quantitative estimate of drug-likeness (QED) is 0.171. The molecule has 0 atom stereocenters. The van der Waals surface area contributed by atoms with Crippen LogP contribution in [0.5, 0.6) is 0 Å². The Hall–Kier alpha value is -2.05. The van der Waals surface area contributed by atoms with Gasteiger partial charge in [0.2, 0.25) is 0 Å². The molecule has 1 amide bonds. The molecular formula is C24H36F3NO3. The molecule has 0 aliphatic carbocycles. The molecule has 0 aliphatic rings. The molecular weight excluding hydrogens is 407 g/mol. The van der Waals surface area contributed by atoms with Crippen LogP contribution in [0.2, 0.25) is 0 Å². The van der Waals surface area contributed by atoms with Crippen molar-refractivity contribution in [3.63, 3.8) is 0 Å². The number of amides is 1. The minimum absolute atomic E-state index is 0.256. The zero-order valence-electron chi connectivity index (χ0n) is 18.6. The van der Waals surface area contributed by atoms with Crippen LogP contribution < -0.4 is 5.32 Å². The van der Waals surface area contributed by atoms with Gasteiger partial charge in [0.15, 0.2) is 17.5 Å². The number of benzene rings is 1. The van der Waals surface area contributed by atoms with Gasteiger partial charge in [0.05, 0.1) is 12.2 Å². The van der Waals surface area contributed by atoms with Gasteiger partial charge < -0.3 is 10.1 Å². The average molecular weight is 444 g/mol. The first-order chi connectivity index (χ1) is 15.0. The van der Waals surface area contributed by atoms with E-state index >= 15 is 0 Å². The van der Waals surface area contributed by atoms with Gasteiger partial charge in [0.1, 0.15) is 6.54 Å². The van der Waals surface area contributed by atoms with E-state index in [1.54, 1.807) is 0 Å². The third kappa shape index (κ3) is 11.8. The number of rotatable bonds is 17. The van der Waals surface area contributed by atoms with E-state index in [4.69, 9.17) is 4.74 Å². The second-order valence-corrected chi connectivity index (χ2v) is 7.87. The van der Waals surface area contributed by atoms with Crippen molar-refractivity contribution in [3.05, 3.63) is 35.1 Å². The van der Waals surface area contributed by atoms with Gasteiger partial charge in [-0.05, 0) is 18.6 Å². The first-order valence-electron chi connectivity index (χ1n) is 11.5. The van der Waals surface area contributed by atoms with Crippen LogP contribution in [-0.2, 0) is 9.53 Å². The second-order valence-electron chi connectivity index (χ2n) is 7.87. The number of ether oxygens (including phenoxy) is 1. The zero-order chi connectivity index (χ0) is 22.9. The van der Waals surface area contributed by atoms with Crippen molar-refractivity contribution in [1.29, 1.82) is 0 Å². The maximum Gasteiger partial charge on any atom is 0.325 e. The summed E-state index contributed by atoms with van der Waals surface area (Å²) >= 11 is 0. The lowest BCUT2D eigenvalue weighted by molar-refractivity contribution is -0.142. The molecule has 4 nitrogen and oxygen atoms in total. The zero-order valence-corrected chi connectivity index (χ0v) is 18.6. The molecule has 1 aromatic rings. The maximum absolute atomic E-state index is 13.5. The van der Waals surface area contributed by atoms with E-state index in [2.05, 4.69) is 12.2 Å². The van der Waals surface area contributed by atoms with Crippen molar-refractivity contribution in [2.24, 2.45) is 0 Å². The highest BCUT2D eigenvalue weighted by atomic mass is 19.2. The Morgan fingerprint density at radius 3 is 1.84 bits per heavy atom. The van der Waals surface area contributed by atoms with Gasteiger partial charge >= 0.3 is 5.97 Å². The number of hydrogen-bond acceptors (Lipinski definition) is 3. The Morgan fingerprint density at radius 2 is 1.29 bits per heavy atom. The maximum atomic E-state index is 13.5. The van der Waals surface area contributed by atoms with Gasteiger partial charge in [-0.3, -0.25) is 9.59 Å². The van der Waals surface area contributed by atoms with E-state index in [9.17, 15) is 22.8 Å². The fourth-order valence-electron chi connectivity index (χ4n) is 3.31. The van der Waals surface area contributed by atoms with Gasteiger partial charge in [-0.25, -0.2) is 13.2 Å². The van der Waals surface area contributed by atoms with Crippen molar-refractivity contribution in [2.45, 2.75) is 90.4 Å². The minimum Gasteiger partial charge on any atom is -0.464 e. The van der Waals surface area contributed by atoms with Gasteiger partial charge in [0, 0.05) is 0 Å². The predicted molar refractivity (Wildman–Crippen MR) is 115 cm³/mol. The molecule has 0 spiro atoms. The van der Waals surface area contributed by atoms with Crippen LogP contribution in [0.1, 0.15) is 101 Å². The Bertz CT molecular complexity index is 668. The van der Waals surface area contributed by atoms with E-state index in [0.29, 0.717) is 6.07 Å². The monoisotopic (exact) mass is 443 g/mol. The molecule has 0 saturated carbocycles. The van der Waals surface area contributed by atoms with Crippen LogP contribution in [0.4, 0.5) is 13.2 Å². The minimum atomic E-state index is -1.72. The Morgan fingerprint density at radius 1 is 0.774 bits per heavy atom. The smallest absolute Gasteiger partial charge is 0.325 e. The number of carbonyl (C=O) groups is 2. The summed E-state index contributed by atoms with van der Waals surface area (Å²) in [6, 6.07) is 1.47. The number of halogens is 3. The Kier molecular flexibility index (Phi) is 14.5. The van der Waals surface area contributed by atoms with Gasteiger partial charge in [0.25, 0.3) is 5.91 Å². The second kappa shape index (κ2) is 16.6. The topological polar surface area (TPSA) is 55.4 Å². The SMILES string of the molecule is CCCCCCCCCCCCCCCOC(=O)CNC(=O)c1ccc(F)c(F)c1F. The van der Waals surface area contributed by atoms with E-state index in [1.165, 1.54) is 64.2 Å². The molecule has 1 N–H and O–H groups in total. The Labute approximate surface area is 183 Å². The lowest BCUT2D eigenvalue weighted by Gasteiger charge is -2.08. The molecule has 0 aromatic heterocycles. The van der Waals surface area contributed by atoms with Crippen molar-refractivity contribution >= 4 is 11.9 Å². The molecule has 1 aromatic carbocycles. The van der Waals surface area contributed by atoms with Crippen molar-refractivity contribution in [2.75, 3.05) is 13.2 Å². The molecule has 0 saturated heterocycles. The summed E-state index contributed by atoms with van der Waals surface area (Å²) in [5, 5.41) is 2.14. The lowest BCUT2D eigenvalue weighted by Crippen LogP contribution is -2.31. The molecule has 0 unspecified atom stereocenters. The van der Waals surface area contributed by atoms with Crippen molar-refractivity contribution < 1.29 is 27.5 Å². The van der Waals surface area contributed by atoms with E-state index in [-0.39, 0.29) is 6.61 Å². The molecule has 31 heavy (non-hydrogen) atoms. The number of unbranched alkanes of at least 4 members (excludes halogenated alkanes) is 12. The molecule has 0 aliphatic heterocycles. The summed E-state index contributed by atoms with van der Waals surface area (Å²) in [4.78, 5) is 23.4. The highest BCUT2D eigenvalue weighted by Gasteiger charge is 2.19. The van der Waals surface area contributed by atoms with Crippen molar-refractivity contribution in [3.8, 4) is 0 Å². The highest BCUT2D eigenvalue weighted by molar-refractivity contribution is 5.96. The standard InChI is InChI=1S/C24H36F3NO3/c1-2-3-4-5-6-7-8-9-10-11-12-13-14-17-31-21(29)18-28-24(30)19-15-16-20(25)23(27)22(19)26/h15-16H,2-14,17-18H2,1H3,(H,28,30). The third-order valence-electron chi connectivity index (χ3n) is 5.18. The first-order valence-corrected chi connectivity index (χ1v) is 11.5. The van der Waals surface area contributed by atoms with Crippen LogP contribution >= 0.6 is 0 Å². The number of carbonyl (C=O) groups excluding carboxylic acids is 2. The van der Waals surface area contributed by atoms with Crippen LogP contribution in [0, 0.1) is 17.5 Å². The average Bonchev–Trinajstić information content (AvgIpc) is 2.76. The summed E-state index contributed by atoms with van der Waals surface area (Å²) in [7, 11) is 0. The van der Waals surface area contributed by atoms with Crippen molar-refractivity contribution in [1.82, 2.24) is 5.32 Å². The van der Waals surface area contributed by atoms with E-state index in [0.717, 1.165) is 25.3 Å². The molecule has 176 valence electrons. The van der Waals surface area contributed by atoms with Gasteiger partial charge in [-0.2, -0.15) is 0 Å². The molecule has 0 heterocycles. The fourth-order valence-corrected chi connectivity index (χ4v) is 3.31. The normalized spacial score (nSPS) is 10.8. The summed E-state index contributed by atoms with van der Waals surface area (Å²) < 4.78 is 44.6. The molecule has 0 fully saturated rings. The van der Waals surface area contributed by atoms with E-state index in [1.807, 2.05) is 0 Å². The van der Waals surface area contributed by atoms with Gasteiger partial charge in [-0.15, -0.1) is 0 Å². The summed E-state index contributed by atoms with van der Waals surface area (Å²) in [5.74, 6) is -6.36. The predicted octanol–water partition coefficient (Wildman–Crippen LogP) is 6.47. The lowest BCUT2D eigenvalue weighted by atomic mass is 10.0. The molecule has 1 rings (SSSR count). The van der Waals surface area contributed by atoms with Crippen LogP contribution in [0.3, 0.4) is 0 Å². The molecule has 7 heteroatoms. The van der Waals surface area contributed by atoms with Crippen LogP contribution in [0.15, 0.2) is 12.1 Å². The van der Waals surface area contributed by atoms with E-state index < -0.39 is 41.4 Å². The number of hydrogen-bond donors (Lipinski definition) is 1. The summed E-state index contributed by atoms with van der Waals surface area (Å²) in [6.07, 6.45) is 15.9. The van der Waals surface area contributed by atoms with Gasteiger partial charge in [-0.1, -0.05) is 84.0 Å². The number of nitrogens with one attached hydrogen (secondary N) is 1. The van der Waals surface area contributed by atoms with Crippen LogP contribution in [-0.4, -0.2) is 25.0 Å². The third-order valence-corrected chi connectivity index (χ3v) is 5.18. The first kappa shape index (κ1) is 27.0. The largest absolute Gasteiger partial charge is 0.464 e. The number of esters is 1. The Balaban J connectivity index is 1.98. The summed E-state index contributed by atoms with van der Waals surface area (Å²) in [6.45, 7) is 2.02. The van der Waals surface area contributed by atoms with Crippen LogP contribution in [0.25, 0.3) is 0 Å². The molecule has 0 bridgehead atoms.